The molecular formula is C30H46N3O5. The molecule has 0 unspecified atom stereocenters. The van der Waals surface area contributed by atoms with E-state index in [4.69, 9.17) is 9.47 Å². The highest BCUT2D eigenvalue weighted by Crippen LogP contribution is 2.69. The monoisotopic (exact) mass is 528 g/mol. The van der Waals surface area contributed by atoms with Crippen LogP contribution in [0.25, 0.3) is 0 Å². The van der Waals surface area contributed by atoms with Crippen molar-refractivity contribution in [3.05, 3.63) is 18.1 Å². The molecule has 6 aliphatic rings. The van der Waals surface area contributed by atoms with Crippen LogP contribution in [0.3, 0.4) is 0 Å². The molecule has 2 heterocycles. The number of alkyl carbamates (subject to hydrolysis) is 1. The quantitative estimate of drug-likeness (QED) is 0.472. The largest absolute Gasteiger partial charge is 0.458 e. The van der Waals surface area contributed by atoms with Crippen molar-refractivity contribution in [1.29, 1.82) is 0 Å². The van der Waals surface area contributed by atoms with Gasteiger partial charge < -0.3 is 25.2 Å². The minimum Gasteiger partial charge on any atom is -0.458 e. The second-order valence-corrected chi connectivity index (χ2v) is 13.4. The molecule has 0 aromatic heterocycles. The van der Waals surface area contributed by atoms with E-state index in [0.29, 0.717) is 31.4 Å². The molecule has 2 aliphatic heterocycles. The Balaban J connectivity index is 1.06. The molecule has 5 fully saturated rings. The molecule has 211 valence electrons. The Bertz CT molecular complexity index is 966. The Kier molecular flexibility index (Phi) is 7.05. The number of hydrogen-bond donors (Lipinski definition) is 3. The highest BCUT2D eigenvalue weighted by Gasteiger charge is 2.67. The lowest BCUT2D eigenvalue weighted by atomic mass is 9.43. The van der Waals surface area contributed by atoms with Gasteiger partial charge in [-0.2, -0.15) is 0 Å². The first-order valence-corrected chi connectivity index (χ1v) is 15.0. The van der Waals surface area contributed by atoms with Crippen molar-refractivity contribution in [2.24, 2.45) is 34.5 Å². The van der Waals surface area contributed by atoms with Crippen LogP contribution < -0.4 is 10.6 Å². The molecule has 6 rings (SSSR count). The van der Waals surface area contributed by atoms with E-state index in [1.165, 1.54) is 0 Å². The summed E-state index contributed by atoms with van der Waals surface area (Å²) in [5.74, 6) is 1.14. The molecule has 3 N–H and O–H groups in total. The van der Waals surface area contributed by atoms with Gasteiger partial charge in [-0.1, -0.05) is 13.8 Å². The van der Waals surface area contributed by atoms with E-state index in [9.17, 15) is 14.7 Å². The molecule has 4 aliphatic carbocycles. The fourth-order valence-corrected chi connectivity index (χ4v) is 9.60. The SMILES string of the molecule is C[C@]12CC[C@H](OC(=O)NCCN3CCNCC3)C[C@H]1CC[C@@H]1[C@@H]2CC[C@]2(C)[C@@H](C3=CC(=O)OC3)[CH]C[C@]12O. The van der Waals surface area contributed by atoms with E-state index in [1.807, 2.05) is 0 Å². The Morgan fingerprint density at radius 1 is 1.18 bits per heavy atom. The maximum absolute atomic E-state index is 12.5. The standard InChI is InChI=1S/C30H46N3O5/c1-28-8-5-22(38-27(35)32-13-16-33-14-11-31-12-15-33)18-21(28)3-4-25-24(28)6-9-29(2)23(7-10-30(25,29)36)20-17-26(34)37-19-20/h7,17,21-25,31,36H,3-6,8-16,18-19H2,1-2H3,(H,32,35)/t21-,22+,23-,24+,25-,28+,29-,30+/m1/s1. The Morgan fingerprint density at radius 3 is 2.76 bits per heavy atom. The fourth-order valence-electron chi connectivity index (χ4n) is 9.60. The topological polar surface area (TPSA) is 100 Å². The number of hydrogen-bond acceptors (Lipinski definition) is 7. The van der Waals surface area contributed by atoms with Crippen LogP contribution in [0, 0.1) is 40.9 Å². The van der Waals surface area contributed by atoms with Gasteiger partial charge in [0.2, 0.25) is 0 Å². The zero-order valence-corrected chi connectivity index (χ0v) is 23.2. The number of fused-ring (bicyclic) bond motifs is 5. The second kappa shape index (κ2) is 10.1. The third kappa shape index (κ3) is 4.39. The molecular weight excluding hydrogens is 482 g/mol. The lowest BCUT2D eigenvalue weighted by Gasteiger charge is -2.63. The van der Waals surface area contributed by atoms with Crippen molar-refractivity contribution in [2.75, 3.05) is 45.9 Å². The van der Waals surface area contributed by atoms with Crippen molar-refractivity contribution in [2.45, 2.75) is 76.9 Å². The van der Waals surface area contributed by atoms with Crippen LogP contribution in [0.15, 0.2) is 11.6 Å². The molecule has 0 spiro atoms. The molecule has 4 saturated carbocycles. The molecule has 8 heteroatoms. The lowest BCUT2D eigenvalue weighted by Crippen LogP contribution is -2.62. The first-order valence-electron chi connectivity index (χ1n) is 15.0. The number of nitrogens with zero attached hydrogens (tertiary/aromatic N) is 1. The Hall–Kier alpha value is -1.64. The van der Waals surface area contributed by atoms with E-state index >= 15 is 0 Å². The first-order chi connectivity index (χ1) is 18.2. The smallest absolute Gasteiger partial charge is 0.407 e. The van der Waals surface area contributed by atoms with Crippen molar-refractivity contribution >= 4 is 12.1 Å². The van der Waals surface area contributed by atoms with E-state index in [2.05, 4.69) is 35.8 Å². The summed E-state index contributed by atoms with van der Waals surface area (Å²) in [6.07, 6.45) is 11.4. The van der Waals surface area contributed by atoms with Gasteiger partial charge in [-0.05, 0) is 92.4 Å². The van der Waals surface area contributed by atoms with Crippen molar-refractivity contribution in [1.82, 2.24) is 15.5 Å². The Labute approximate surface area is 227 Å². The summed E-state index contributed by atoms with van der Waals surface area (Å²) in [6.45, 7) is 10.6. The molecule has 1 radical (unpaired) electrons. The second-order valence-electron chi connectivity index (χ2n) is 13.4. The summed E-state index contributed by atoms with van der Waals surface area (Å²) >= 11 is 0. The molecule has 0 aromatic carbocycles. The number of ether oxygens (including phenoxy) is 2. The highest BCUT2D eigenvalue weighted by atomic mass is 16.6. The van der Waals surface area contributed by atoms with Crippen LogP contribution in [0.2, 0.25) is 0 Å². The fraction of sp³-hybridized carbons (Fsp3) is 0.833. The van der Waals surface area contributed by atoms with Gasteiger partial charge in [0.15, 0.2) is 0 Å². The van der Waals surface area contributed by atoms with Crippen LogP contribution in [-0.2, 0) is 14.3 Å². The normalized spacial score (nSPS) is 44.9. The number of carbonyl (C=O) groups excluding carboxylic acids is 2. The van der Waals surface area contributed by atoms with Crippen LogP contribution in [0.5, 0.6) is 0 Å². The summed E-state index contributed by atoms with van der Waals surface area (Å²) < 4.78 is 11.2. The molecule has 8 atom stereocenters. The van der Waals surface area contributed by atoms with E-state index in [1.54, 1.807) is 6.08 Å². The van der Waals surface area contributed by atoms with Gasteiger partial charge in [0.05, 0.1) is 5.60 Å². The highest BCUT2D eigenvalue weighted by molar-refractivity contribution is 5.85. The van der Waals surface area contributed by atoms with Gasteiger partial charge >= 0.3 is 12.1 Å². The van der Waals surface area contributed by atoms with Gasteiger partial charge in [0.25, 0.3) is 0 Å². The van der Waals surface area contributed by atoms with Gasteiger partial charge in [-0.15, -0.1) is 0 Å². The summed E-state index contributed by atoms with van der Waals surface area (Å²) in [6, 6.07) is 0. The zero-order chi connectivity index (χ0) is 26.5. The van der Waals surface area contributed by atoms with Crippen LogP contribution in [0.4, 0.5) is 4.79 Å². The summed E-state index contributed by atoms with van der Waals surface area (Å²) in [5, 5.41) is 18.7. The van der Waals surface area contributed by atoms with Crippen LogP contribution in [0.1, 0.15) is 65.2 Å². The molecule has 8 nitrogen and oxygen atoms in total. The maximum Gasteiger partial charge on any atom is 0.407 e. The molecule has 38 heavy (non-hydrogen) atoms. The average molecular weight is 529 g/mol. The van der Waals surface area contributed by atoms with Crippen LogP contribution >= 0.6 is 0 Å². The number of piperazine rings is 1. The van der Waals surface area contributed by atoms with E-state index < -0.39 is 5.60 Å². The maximum atomic E-state index is 12.5. The third-order valence-corrected chi connectivity index (χ3v) is 11.8. The van der Waals surface area contributed by atoms with Gasteiger partial charge in [-0.25, -0.2) is 9.59 Å². The average Bonchev–Trinajstić information content (AvgIpc) is 3.44. The molecule has 0 aromatic rings. The summed E-state index contributed by atoms with van der Waals surface area (Å²) in [4.78, 5) is 26.7. The lowest BCUT2D eigenvalue weighted by molar-refractivity contribution is -0.208. The zero-order valence-electron chi connectivity index (χ0n) is 23.2. The molecule has 1 amide bonds. The predicted molar refractivity (Wildman–Crippen MR) is 143 cm³/mol. The predicted octanol–water partition coefficient (Wildman–Crippen LogP) is 3.06. The first kappa shape index (κ1) is 26.6. The number of rotatable bonds is 5. The van der Waals surface area contributed by atoms with Crippen molar-refractivity contribution in [3.8, 4) is 0 Å². The molecule has 0 bridgehead atoms. The number of nitrogens with one attached hydrogen (secondary N) is 2. The number of aliphatic hydroxyl groups is 1. The summed E-state index contributed by atoms with van der Waals surface area (Å²) in [5.41, 5.74) is 0.220. The van der Waals surface area contributed by atoms with Crippen molar-refractivity contribution < 1.29 is 24.2 Å². The molecule has 1 saturated heterocycles. The third-order valence-electron chi connectivity index (χ3n) is 11.8. The number of esters is 1. The van der Waals surface area contributed by atoms with E-state index in [-0.39, 0.29) is 40.8 Å². The van der Waals surface area contributed by atoms with Crippen molar-refractivity contribution in [3.63, 3.8) is 0 Å². The number of amides is 1. The van der Waals surface area contributed by atoms with E-state index in [0.717, 1.165) is 83.2 Å². The van der Waals surface area contributed by atoms with Gasteiger partial charge in [0.1, 0.15) is 12.7 Å². The minimum absolute atomic E-state index is 0.0169. The number of cyclic esters (lactones) is 1. The van der Waals surface area contributed by atoms with Gasteiger partial charge in [0, 0.05) is 50.8 Å². The Morgan fingerprint density at radius 2 is 2.00 bits per heavy atom. The van der Waals surface area contributed by atoms with Gasteiger partial charge in [-0.3, -0.25) is 4.90 Å². The summed E-state index contributed by atoms with van der Waals surface area (Å²) in [7, 11) is 0. The minimum atomic E-state index is -0.737. The number of carbonyl (C=O) groups is 2. The van der Waals surface area contributed by atoms with Crippen LogP contribution in [-0.4, -0.2) is 79.6 Å².